The van der Waals surface area contributed by atoms with Crippen molar-refractivity contribution in [2.24, 2.45) is 0 Å². The molecule has 176 valence electrons. The maximum absolute atomic E-state index is 13.5. The van der Waals surface area contributed by atoms with Crippen molar-refractivity contribution in [1.82, 2.24) is 24.9 Å². The van der Waals surface area contributed by atoms with Crippen LogP contribution in [0, 0.1) is 0 Å². The largest absolute Gasteiger partial charge is 0.341 e. The highest BCUT2D eigenvalue weighted by molar-refractivity contribution is 6.31. The van der Waals surface area contributed by atoms with Crippen LogP contribution in [0.25, 0.3) is 0 Å². The first-order valence-corrected chi connectivity index (χ1v) is 11.6. The Labute approximate surface area is 199 Å². The number of carbonyl (C=O) groups excluding carboxylic acids is 3. The summed E-state index contributed by atoms with van der Waals surface area (Å²) in [4.78, 5) is 46.5. The van der Waals surface area contributed by atoms with Gasteiger partial charge in [-0.15, -0.1) is 6.58 Å². The van der Waals surface area contributed by atoms with E-state index in [0.717, 1.165) is 25.9 Å². The fourth-order valence-corrected chi connectivity index (χ4v) is 5.05. The van der Waals surface area contributed by atoms with Crippen molar-refractivity contribution >= 4 is 29.4 Å². The summed E-state index contributed by atoms with van der Waals surface area (Å²) in [6.07, 6.45) is 3.45. The van der Waals surface area contributed by atoms with E-state index in [1.54, 1.807) is 29.2 Å². The summed E-state index contributed by atoms with van der Waals surface area (Å²) in [5, 5.41) is 3.38. The second-order valence-corrected chi connectivity index (χ2v) is 9.27. The van der Waals surface area contributed by atoms with Crippen LogP contribution in [0.4, 0.5) is 4.79 Å². The molecule has 3 aliphatic heterocycles. The van der Waals surface area contributed by atoms with E-state index in [4.69, 9.17) is 11.6 Å². The number of likely N-dealkylation sites (tertiary alicyclic amines) is 1. The molecule has 0 spiro atoms. The summed E-state index contributed by atoms with van der Waals surface area (Å²) in [5.74, 6) is -0.351. The number of likely N-dealkylation sites (N-methyl/N-ethyl adjacent to an activating group) is 1. The van der Waals surface area contributed by atoms with Crippen LogP contribution in [-0.2, 0) is 9.59 Å². The number of halogens is 1. The van der Waals surface area contributed by atoms with Gasteiger partial charge in [-0.2, -0.15) is 0 Å². The van der Waals surface area contributed by atoms with E-state index in [-0.39, 0.29) is 43.5 Å². The molecule has 0 radical (unpaired) electrons. The molecule has 1 N–H and O–H groups in total. The number of hydrogen-bond donors (Lipinski definition) is 1. The van der Waals surface area contributed by atoms with Crippen molar-refractivity contribution in [1.29, 1.82) is 0 Å². The predicted molar refractivity (Wildman–Crippen MR) is 127 cm³/mol. The van der Waals surface area contributed by atoms with Crippen LogP contribution in [0.1, 0.15) is 24.4 Å². The zero-order valence-corrected chi connectivity index (χ0v) is 19.8. The van der Waals surface area contributed by atoms with Gasteiger partial charge < -0.3 is 20.0 Å². The van der Waals surface area contributed by atoms with Crippen molar-refractivity contribution < 1.29 is 14.4 Å². The molecule has 3 aliphatic rings. The molecular weight excluding hydrogens is 442 g/mol. The smallest absolute Gasteiger partial charge is 0.322 e. The average molecular weight is 472 g/mol. The van der Waals surface area contributed by atoms with Gasteiger partial charge in [0, 0.05) is 24.7 Å². The van der Waals surface area contributed by atoms with E-state index >= 15 is 0 Å². The topological polar surface area (TPSA) is 76.2 Å². The molecule has 1 aromatic carbocycles. The second kappa shape index (κ2) is 9.57. The minimum atomic E-state index is -0.665. The van der Waals surface area contributed by atoms with Crippen LogP contribution in [0.5, 0.6) is 0 Å². The molecule has 1 atom stereocenters. The highest BCUT2D eigenvalue weighted by Crippen LogP contribution is 2.38. The first-order chi connectivity index (χ1) is 15.8. The summed E-state index contributed by atoms with van der Waals surface area (Å²) >= 11 is 6.41. The predicted octanol–water partition coefficient (Wildman–Crippen LogP) is 2.24. The lowest BCUT2D eigenvalue weighted by molar-refractivity contribution is -0.138. The Morgan fingerprint density at radius 1 is 1.27 bits per heavy atom. The SMILES string of the molecule is C=CCN1C(=O)N[C@@H](c2ccccc2Cl)C2=C1CN(CC(=O)N(C)C1CCN(C)CC1)C2=O. The summed E-state index contributed by atoms with van der Waals surface area (Å²) in [5.41, 5.74) is 1.71. The Morgan fingerprint density at radius 3 is 2.64 bits per heavy atom. The first-order valence-electron chi connectivity index (χ1n) is 11.2. The fourth-order valence-electron chi connectivity index (χ4n) is 4.80. The van der Waals surface area contributed by atoms with Crippen LogP contribution in [0.2, 0.25) is 5.02 Å². The van der Waals surface area contributed by atoms with E-state index in [1.807, 2.05) is 13.1 Å². The summed E-state index contributed by atoms with van der Waals surface area (Å²) in [6, 6.07) is 6.35. The van der Waals surface area contributed by atoms with E-state index in [1.165, 1.54) is 9.80 Å². The molecule has 0 unspecified atom stereocenters. The first kappa shape index (κ1) is 23.3. The number of benzene rings is 1. The van der Waals surface area contributed by atoms with Gasteiger partial charge in [0.1, 0.15) is 6.54 Å². The Morgan fingerprint density at radius 2 is 1.97 bits per heavy atom. The molecule has 4 amide bonds. The number of nitrogens with one attached hydrogen (secondary N) is 1. The Balaban J connectivity index is 1.57. The lowest BCUT2D eigenvalue weighted by atomic mass is 9.95. The summed E-state index contributed by atoms with van der Waals surface area (Å²) in [7, 11) is 3.89. The van der Waals surface area contributed by atoms with Gasteiger partial charge in [0.05, 0.1) is 23.9 Å². The maximum Gasteiger partial charge on any atom is 0.322 e. The summed E-state index contributed by atoms with van der Waals surface area (Å²) in [6.45, 7) is 6.07. The van der Waals surface area contributed by atoms with Gasteiger partial charge in [0.15, 0.2) is 0 Å². The molecule has 0 aliphatic carbocycles. The molecule has 3 heterocycles. The van der Waals surface area contributed by atoms with Crippen molar-refractivity contribution in [3.05, 3.63) is 58.8 Å². The van der Waals surface area contributed by atoms with Gasteiger partial charge in [-0.1, -0.05) is 35.9 Å². The van der Waals surface area contributed by atoms with Gasteiger partial charge in [-0.05, 0) is 44.6 Å². The van der Waals surface area contributed by atoms with E-state index in [9.17, 15) is 14.4 Å². The number of nitrogens with zero attached hydrogens (tertiary/aromatic N) is 4. The minimum absolute atomic E-state index is 0.0277. The monoisotopic (exact) mass is 471 g/mol. The van der Waals surface area contributed by atoms with Crippen molar-refractivity contribution in [2.45, 2.75) is 24.9 Å². The minimum Gasteiger partial charge on any atom is -0.341 e. The van der Waals surface area contributed by atoms with Gasteiger partial charge in [0.2, 0.25) is 5.91 Å². The third-order valence-electron chi connectivity index (χ3n) is 6.78. The van der Waals surface area contributed by atoms with Crippen LogP contribution in [0.15, 0.2) is 48.2 Å². The number of carbonyl (C=O) groups is 3. The molecule has 1 saturated heterocycles. The molecule has 0 saturated carbocycles. The number of rotatable bonds is 6. The number of amides is 4. The quantitative estimate of drug-likeness (QED) is 0.645. The highest BCUT2D eigenvalue weighted by atomic mass is 35.5. The van der Waals surface area contributed by atoms with E-state index < -0.39 is 6.04 Å². The number of hydrogen-bond acceptors (Lipinski definition) is 4. The number of piperidine rings is 1. The van der Waals surface area contributed by atoms with Crippen LogP contribution in [-0.4, -0.2) is 90.3 Å². The van der Waals surface area contributed by atoms with Crippen molar-refractivity contribution in [2.75, 3.05) is 46.8 Å². The van der Waals surface area contributed by atoms with Gasteiger partial charge in [-0.25, -0.2) is 4.79 Å². The third kappa shape index (κ3) is 4.50. The van der Waals surface area contributed by atoms with Gasteiger partial charge in [0.25, 0.3) is 5.91 Å². The number of urea groups is 1. The van der Waals surface area contributed by atoms with Gasteiger partial charge >= 0.3 is 6.03 Å². The van der Waals surface area contributed by atoms with Crippen LogP contribution < -0.4 is 5.32 Å². The lowest BCUT2D eigenvalue weighted by Crippen LogP contribution is -2.48. The standard InChI is InChI=1S/C24H30ClN5O3/c1-4-11-30-19-14-29(15-20(31)28(3)16-9-12-27(2)13-10-16)23(32)21(19)22(26-24(30)33)17-7-5-6-8-18(17)25/h4-8,16,22H,1,9-15H2,2-3H3,(H,26,33)/t22-/m0/s1. The van der Waals surface area contributed by atoms with Crippen LogP contribution in [0.3, 0.4) is 0 Å². The third-order valence-corrected chi connectivity index (χ3v) is 7.12. The lowest BCUT2D eigenvalue weighted by Gasteiger charge is -2.35. The normalized spacial score (nSPS) is 21.8. The molecule has 0 bridgehead atoms. The van der Waals surface area contributed by atoms with E-state index in [0.29, 0.717) is 21.9 Å². The zero-order valence-electron chi connectivity index (χ0n) is 19.1. The molecule has 1 aromatic rings. The summed E-state index contributed by atoms with van der Waals surface area (Å²) < 4.78 is 0. The van der Waals surface area contributed by atoms with Crippen LogP contribution >= 0.6 is 11.6 Å². The molecular formula is C24H30ClN5O3. The fraction of sp³-hybridized carbons (Fsp3) is 0.458. The Kier molecular flexibility index (Phi) is 6.76. The molecule has 0 aromatic heterocycles. The Bertz CT molecular complexity index is 1000. The van der Waals surface area contributed by atoms with Crippen molar-refractivity contribution in [3.63, 3.8) is 0 Å². The average Bonchev–Trinajstić information content (AvgIpc) is 3.12. The van der Waals surface area contributed by atoms with E-state index in [2.05, 4.69) is 23.8 Å². The van der Waals surface area contributed by atoms with Crippen molar-refractivity contribution in [3.8, 4) is 0 Å². The molecule has 33 heavy (non-hydrogen) atoms. The molecule has 8 nitrogen and oxygen atoms in total. The maximum atomic E-state index is 13.5. The zero-order chi connectivity index (χ0) is 23.7. The molecule has 1 fully saturated rings. The molecule has 4 rings (SSSR count). The second-order valence-electron chi connectivity index (χ2n) is 8.86. The Hall–Kier alpha value is -2.84. The van der Waals surface area contributed by atoms with Gasteiger partial charge in [-0.3, -0.25) is 14.5 Å². The highest BCUT2D eigenvalue weighted by Gasteiger charge is 2.45. The molecule has 9 heteroatoms.